The molecule has 8 heteroatoms. The first kappa shape index (κ1) is 10.6. The average Bonchev–Trinajstić information content (AvgIpc) is 2.82. The molecule has 0 radical (unpaired) electrons. The van der Waals surface area contributed by atoms with E-state index in [1.165, 1.54) is 5.48 Å². The van der Waals surface area contributed by atoms with Crippen LogP contribution in [0.25, 0.3) is 0 Å². The van der Waals surface area contributed by atoms with Crippen molar-refractivity contribution in [2.45, 2.75) is 25.1 Å². The Bertz CT molecular complexity index is 249. The van der Waals surface area contributed by atoms with Crippen LogP contribution in [-0.4, -0.2) is 24.2 Å². The summed E-state index contributed by atoms with van der Waals surface area (Å²) < 4.78 is 34.6. The Morgan fingerprint density at radius 1 is 1.29 bits per heavy atom. The number of urea groups is 1. The van der Waals surface area contributed by atoms with Crippen molar-refractivity contribution in [1.29, 1.82) is 0 Å². The molecule has 0 saturated heterocycles. The lowest BCUT2D eigenvalue weighted by Crippen LogP contribution is -2.41. The summed E-state index contributed by atoms with van der Waals surface area (Å²) in [7, 11) is 0. The van der Waals surface area contributed by atoms with E-state index in [0.29, 0.717) is 0 Å². The molecule has 0 aromatic rings. The summed E-state index contributed by atoms with van der Waals surface area (Å²) in [6, 6.07) is -0.982. The first-order valence-corrected chi connectivity index (χ1v) is 3.74. The van der Waals surface area contributed by atoms with Crippen LogP contribution in [0.5, 0.6) is 0 Å². The predicted molar refractivity (Wildman–Crippen MR) is 36.8 cm³/mol. The van der Waals surface area contributed by atoms with E-state index in [1.807, 2.05) is 0 Å². The van der Waals surface area contributed by atoms with E-state index in [9.17, 15) is 22.8 Å². The zero-order valence-corrected chi connectivity index (χ0v) is 6.85. The lowest BCUT2D eigenvalue weighted by atomic mass is 10.7. The Labute approximate surface area is 76.5 Å². The molecule has 1 saturated carbocycles. The molecule has 1 aliphatic carbocycles. The molecule has 0 aromatic heterocycles. The van der Waals surface area contributed by atoms with Crippen LogP contribution in [0, 0.1) is 0 Å². The van der Waals surface area contributed by atoms with Gasteiger partial charge in [0.25, 0.3) is 0 Å². The van der Waals surface area contributed by atoms with Crippen molar-refractivity contribution < 1.29 is 27.6 Å². The fourth-order valence-electron chi connectivity index (χ4n) is 0.593. The molecule has 0 heterocycles. The molecule has 0 unspecified atom stereocenters. The molecule has 2 amide bonds. The highest BCUT2D eigenvalue weighted by Crippen LogP contribution is 2.18. The minimum Gasteiger partial charge on any atom is -0.333 e. The molecular formula is C6H7F3N2O3. The minimum atomic E-state index is -5.10. The van der Waals surface area contributed by atoms with E-state index < -0.39 is 18.2 Å². The van der Waals surface area contributed by atoms with Gasteiger partial charge in [0, 0.05) is 6.04 Å². The maximum absolute atomic E-state index is 11.5. The topological polar surface area (TPSA) is 67.4 Å². The fourth-order valence-corrected chi connectivity index (χ4v) is 0.593. The van der Waals surface area contributed by atoms with Crippen molar-refractivity contribution in [3.8, 4) is 0 Å². The number of nitrogens with one attached hydrogen (secondary N) is 2. The van der Waals surface area contributed by atoms with Gasteiger partial charge >= 0.3 is 18.2 Å². The third kappa shape index (κ3) is 3.50. The predicted octanol–water partition coefficient (Wildman–Crippen LogP) is 0.469. The van der Waals surface area contributed by atoms with Gasteiger partial charge in [-0.1, -0.05) is 0 Å². The number of hydrogen-bond donors (Lipinski definition) is 2. The second-order valence-corrected chi connectivity index (χ2v) is 2.74. The van der Waals surface area contributed by atoms with Gasteiger partial charge in [-0.05, 0) is 12.8 Å². The molecular weight excluding hydrogens is 205 g/mol. The molecule has 1 fully saturated rings. The molecule has 5 nitrogen and oxygen atoms in total. The molecule has 0 bridgehead atoms. The lowest BCUT2D eigenvalue weighted by molar-refractivity contribution is -0.204. The van der Waals surface area contributed by atoms with E-state index in [4.69, 9.17) is 0 Å². The monoisotopic (exact) mass is 212 g/mol. The number of carbonyl (C=O) groups excluding carboxylic acids is 2. The van der Waals surface area contributed by atoms with Gasteiger partial charge in [-0.2, -0.15) is 18.7 Å². The number of alkyl halides is 3. The Kier molecular flexibility index (Phi) is 2.82. The highest BCUT2D eigenvalue weighted by Gasteiger charge is 2.42. The normalized spacial score (nSPS) is 15.9. The van der Waals surface area contributed by atoms with Crippen LogP contribution in [0.3, 0.4) is 0 Å². The third-order valence-corrected chi connectivity index (χ3v) is 1.38. The zero-order chi connectivity index (χ0) is 10.8. The van der Waals surface area contributed by atoms with E-state index in [-0.39, 0.29) is 6.04 Å². The van der Waals surface area contributed by atoms with Gasteiger partial charge in [-0.3, -0.25) is 0 Å². The van der Waals surface area contributed by atoms with Gasteiger partial charge in [0.15, 0.2) is 0 Å². The van der Waals surface area contributed by atoms with Gasteiger partial charge in [-0.25, -0.2) is 9.59 Å². The van der Waals surface area contributed by atoms with Crippen molar-refractivity contribution >= 4 is 12.0 Å². The molecule has 0 atom stereocenters. The average molecular weight is 212 g/mol. The smallest absolute Gasteiger partial charge is 0.333 e. The first-order valence-electron chi connectivity index (χ1n) is 3.74. The lowest BCUT2D eigenvalue weighted by Gasteiger charge is -2.07. The summed E-state index contributed by atoms with van der Waals surface area (Å²) in [4.78, 5) is 24.2. The Hall–Kier alpha value is -1.47. The SMILES string of the molecule is O=C(NOC(=O)C(F)(F)F)NC1CC1. The number of halogens is 3. The van der Waals surface area contributed by atoms with Gasteiger partial charge in [0.2, 0.25) is 0 Å². The number of hydroxylamine groups is 1. The van der Waals surface area contributed by atoms with E-state index in [2.05, 4.69) is 10.2 Å². The standard InChI is InChI=1S/C6H7F3N2O3/c7-6(8,9)4(12)14-11-5(13)10-3-1-2-3/h3H,1-2H2,(H2,10,11,13). The third-order valence-electron chi connectivity index (χ3n) is 1.38. The summed E-state index contributed by atoms with van der Waals surface area (Å²) in [6.45, 7) is 0. The molecule has 1 rings (SSSR count). The molecule has 14 heavy (non-hydrogen) atoms. The van der Waals surface area contributed by atoms with E-state index in [1.54, 1.807) is 0 Å². The van der Waals surface area contributed by atoms with Crippen LogP contribution in [0.15, 0.2) is 0 Å². The Morgan fingerprint density at radius 2 is 1.86 bits per heavy atom. The van der Waals surface area contributed by atoms with E-state index in [0.717, 1.165) is 12.8 Å². The highest BCUT2D eigenvalue weighted by molar-refractivity contribution is 5.79. The maximum atomic E-state index is 11.5. The van der Waals surface area contributed by atoms with Crippen molar-refractivity contribution in [1.82, 2.24) is 10.8 Å². The van der Waals surface area contributed by atoms with Crippen molar-refractivity contribution in [3.05, 3.63) is 0 Å². The second kappa shape index (κ2) is 3.72. The zero-order valence-electron chi connectivity index (χ0n) is 6.85. The van der Waals surface area contributed by atoms with Crippen molar-refractivity contribution in [2.75, 3.05) is 0 Å². The van der Waals surface area contributed by atoms with Crippen LogP contribution >= 0.6 is 0 Å². The summed E-state index contributed by atoms with van der Waals surface area (Å²) in [6.07, 6.45) is -3.55. The van der Waals surface area contributed by atoms with Gasteiger partial charge < -0.3 is 10.2 Å². The van der Waals surface area contributed by atoms with Gasteiger partial charge in [0.05, 0.1) is 0 Å². The number of rotatable bonds is 1. The molecule has 0 aliphatic heterocycles. The Morgan fingerprint density at radius 3 is 2.29 bits per heavy atom. The molecule has 1 aliphatic rings. The quantitative estimate of drug-likeness (QED) is 0.621. The van der Waals surface area contributed by atoms with Crippen LogP contribution < -0.4 is 10.8 Å². The number of carbonyl (C=O) groups is 2. The molecule has 0 aromatic carbocycles. The van der Waals surface area contributed by atoms with Crippen LogP contribution in [0.2, 0.25) is 0 Å². The van der Waals surface area contributed by atoms with E-state index >= 15 is 0 Å². The summed E-state index contributed by atoms with van der Waals surface area (Å²) in [5.41, 5.74) is 1.34. The maximum Gasteiger partial charge on any atom is 0.493 e. The van der Waals surface area contributed by atoms with Crippen molar-refractivity contribution in [3.63, 3.8) is 0 Å². The molecule has 0 spiro atoms. The summed E-state index contributed by atoms with van der Waals surface area (Å²) in [5.74, 6) is -2.46. The minimum absolute atomic E-state index is 0.0282. The van der Waals surface area contributed by atoms with Crippen LogP contribution in [0.1, 0.15) is 12.8 Å². The molecule has 80 valence electrons. The summed E-state index contributed by atoms with van der Waals surface area (Å²) in [5, 5.41) is 2.27. The second-order valence-electron chi connectivity index (χ2n) is 2.74. The van der Waals surface area contributed by atoms with Crippen molar-refractivity contribution in [2.24, 2.45) is 0 Å². The van der Waals surface area contributed by atoms with Crippen LogP contribution in [0.4, 0.5) is 18.0 Å². The molecule has 2 N–H and O–H groups in total. The summed E-state index contributed by atoms with van der Waals surface area (Å²) >= 11 is 0. The fraction of sp³-hybridized carbons (Fsp3) is 0.667. The first-order chi connectivity index (χ1) is 6.39. The number of hydrogen-bond acceptors (Lipinski definition) is 3. The van der Waals surface area contributed by atoms with Gasteiger partial charge in [0.1, 0.15) is 0 Å². The largest absolute Gasteiger partial charge is 0.493 e. The highest BCUT2D eigenvalue weighted by atomic mass is 19.4. The van der Waals surface area contributed by atoms with Gasteiger partial charge in [-0.15, -0.1) is 0 Å². The van der Waals surface area contributed by atoms with Crippen LogP contribution in [-0.2, 0) is 9.63 Å². The number of amides is 2. The Balaban J connectivity index is 2.18.